The molecule has 1 aromatic heterocycles. The van der Waals surface area contributed by atoms with Gasteiger partial charge in [-0.3, -0.25) is 4.79 Å². The Labute approximate surface area is 176 Å². The average Bonchev–Trinajstić information content (AvgIpc) is 3.09. The highest BCUT2D eigenvalue weighted by molar-refractivity contribution is 7.99. The largest absolute Gasteiger partial charge is 0.441 e. The fraction of sp³-hybridized carbons (Fsp3) is 0.455. The number of allylic oxidation sites excluding steroid dienone is 1. The Morgan fingerprint density at radius 2 is 2.07 bits per heavy atom. The summed E-state index contributed by atoms with van der Waals surface area (Å²) >= 11 is 3.29. The topological polar surface area (TPSA) is 55.1 Å². The van der Waals surface area contributed by atoms with Crippen LogP contribution in [0, 0.1) is 6.92 Å². The number of hydrogen-bond acceptors (Lipinski definition) is 5. The van der Waals surface area contributed by atoms with Crippen LogP contribution in [-0.2, 0) is 10.5 Å². The molecular weight excluding hydrogens is 388 g/mol. The van der Waals surface area contributed by atoms with Gasteiger partial charge in [-0.25, -0.2) is 4.98 Å². The molecule has 3 rings (SSSR count). The third-order valence-corrected chi connectivity index (χ3v) is 6.54. The first-order valence-electron chi connectivity index (χ1n) is 9.79. The lowest BCUT2D eigenvalue weighted by atomic mass is 9.97. The predicted molar refractivity (Wildman–Crippen MR) is 119 cm³/mol. The van der Waals surface area contributed by atoms with Gasteiger partial charge in [-0.15, -0.1) is 23.5 Å². The van der Waals surface area contributed by atoms with E-state index in [0.717, 1.165) is 30.0 Å². The average molecular weight is 417 g/mol. The van der Waals surface area contributed by atoms with E-state index < -0.39 is 0 Å². The minimum Gasteiger partial charge on any atom is -0.441 e. The maximum Gasteiger partial charge on any atom is 0.230 e. The van der Waals surface area contributed by atoms with Crippen LogP contribution in [0.2, 0.25) is 0 Å². The van der Waals surface area contributed by atoms with E-state index in [1.165, 1.54) is 36.2 Å². The number of carbonyl (C=O) groups is 1. The normalized spacial score (nSPS) is 14.0. The first-order valence-corrected chi connectivity index (χ1v) is 12.2. The molecule has 4 nitrogen and oxygen atoms in total. The Kier molecular flexibility index (Phi) is 8.10. The van der Waals surface area contributed by atoms with Crippen LogP contribution in [-0.4, -0.2) is 29.4 Å². The molecule has 1 heterocycles. The Morgan fingerprint density at radius 3 is 2.79 bits per heavy atom. The molecule has 0 atom stereocenters. The van der Waals surface area contributed by atoms with Gasteiger partial charge in [0.15, 0.2) is 0 Å². The minimum atomic E-state index is 0.0930. The summed E-state index contributed by atoms with van der Waals surface area (Å²) in [5.41, 5.74) is 3.39. The Balaban J connectivity index is 1.42. The number of thioether (sulfide) groups is 2. The molecule has 0 fully saturated rings. The summed E-state index contributed by atoms with van der Waals surface area (Å²) < 4.78 is 5.83. The molecule has 28 heavy (non-hydrogen) atoms. The summed E-state index contributed by atoms with van der Waals surface area (Å²) in [6, 6.07) is 8.20. The maximum absolute atomic E-state index is 12.0. The van der Waals surface area contributed by atoms with Crippen LogP contribution in [0.5, 0.6) is 0 Å². The Bertz CT molecular complexity index is 812. The summed E-state index contributed by atoms with van der Waals surface area (Å²) in [5, 5.41) is 3.03. The Hall–Kier alpha value is -1.66. The van der Waals surface area contributed by atoms with Crippen molar-refractivity contribution in [1.82, 2.24) is 10.3 Å². The molecule has 1 aliphatic carbocycles. The van der Waals surface area contributed by atoms with Crippen LogP contribution in [0.3, 0.4) is 0 Å². The zero-order valence-corrected chi connectivity index (χ0v) is 18.3. The van der Waals surface area contributed by atoms with Gasteiger partial charge < -0.3 is 9.73 Å². The van der Waals surface area contributed by atoms with Crippen molar-refractivity contribution in [3.05, 3.63) is 47.4 Å². The van der Waals surface area contributed by atoms with Crippen molar-refractivity contribution in [2.45, 2.75) is 49.7 Å². The van der Waals surface area contributed by atoms with Gasteiger partial charge in [0.05, 0.1) is 11.4 Å². The van der Waals surface area contributed by atoms with Gasteiger partial charge >= 0.3 is 0 Å². The maximum atomic E-state index is 12.0. The number of nitrogens with zero attached hydrogens (tertiary/aromatic N) is 1. The number of aromatic nitrogens is 1. The zero-order chi connectivity index (χ0) is 19.8. The van der Waals surface area contributed by atoms with Crippen LogP contribution in [0.25, 0.3) is 11.5 Å². The summed E-state index contributed by atoms with van der Waals surface area (Å²) in [6.45, 7) is 2.67. The molecule has 6 heteroatoms. The minimum absolute atomic E-state index is 0.0930. The highest BCUT2D eigenvalue weighted by Gasteiger charge is 2.12. The molecule has 0 saturated carbocycles. The number of oxazole rings is 1. The molecule has 1 aliphatic rings. The highest BCUT2D eigenvalue weighted by Crippen LogP contribution is 2.26. The summed E-state index contributed by atoms with van der Waals surface area (Å²) in [6.07, 6.45) is 10.4. The van der Waals surface area contributed by atoms with Crippen molar-refractivity contribution >= 4 is 29.4 Å². The van der Waals surface area contributed by atoms with Crippen LogP contribution >= 0.6 is 23.5 Å². The van der Waals surface area contributed by atoms with E-state index in [9.17, 15) is 4.79 Å². The van der Waals surface area contributed by atoms with Crippen molar-refractivity contribution in [3.8, 4) is 11.5 Å². The summed E-state index contributed by atoms with van der Waals surface area (Å²) in [5.74, 6) is 2.68. The molecule has 0 aliphatic heterocycles. The van der Waals surface area contributed by atoms with E-state index in [1.54, 1.807) is 23.5 Å². The fourth-order valence-corrected chi connectivity index (χ4v) is 4.46. The van der Waals surface area contributed by atoms with E-state index in [1.807, 2.05) is 19.1 Å². The third kappa shape index (κ3) is 6.17. The number of carbonyl (C=O) groups excluding carboxylic acids is 1. The first kappa shape index (κ1) is 21.1. The monoisotopic (exact) mass is 416 g/mol. The molecule has 2 aromatic rings. The summed E-state index contributed by atoms with van der Waals surface area (Å²) in [7, 11) is 0. The standard InChI is InChI=1S/C22H28N2O2S2/c1-16-20(24-22(26-16)18-8-10-19(27-2)11-9-18)14-28-15-21(25)23-13-12-17-6-4-3-5-7-17/h6,8-11H,3-5,7,12-15H2,1-2H3,(H,23,25). The number of amides is 1. The second kappa shape index (κ2) is 10.8. The lowest BCUT2D eigenvalue weighted by Gasteiger charge is -2.12. The van der Waals surface area contributed by atoms with Gasteiger partial charge in [-0.2, -0.15) is 0 Å². The van der Waals surface area contributed by atoms with Crippen molar-refractivity contribution in [1.29, 1.82) is 0 Å². The second-order valence-electron chi connectivity index (χ2n) is 6.95. The number of nitrogens with one attached hydrogen (secondary N) is 1. The number of aryl methyl sites for hydroxylation is 1. The number of benzene rings is 1. The summed E-state index contributed by atoms with van der Waals surface area (Å²) in [4.78, 5) is 17.9. The molecule has 0 radical (unpaired) electrons. The van der Waals surface area contributed by atoms with Crippen molar-refractivity contribution < 1.29 is 9.21 Å². The molecular formula is C22H28N2O2S2. The number of hydrogen-bond donors (Lipinski definition) is 1. The molecule has 1 aromatic carbocycles. The zero-order valence-electron chi connectivity index (χ0n) is 16.6. The number of rotatable bonds is 9. The van der Waals surface area contributed by atoms with Crippen LogP contribution in [0.1, 0.15) is 43.6 Å². The van der Waals surface area contributed by atoms with Crippen LogP contribution in [0.4, 0.5) is 0 Å². The molecule has 1 amide bonds. The first-order chi connectivity index (χ1) is 13.7. The third-order valence-electron chi connectivity index (χ3n) is 4.85. The SMILES string of the molecule is CSc1ccc(-c2nc(CSCC(=O)NCCC3=CCCCC3)c(C)o2)cc1. The second-order valence-corrected chi connectivity index (χ2v) is 8.82. The van der Waals surface area contributed by atoms with E-state index >= 15 is 0 Å². The van der Waals surface area contributed by atoms with E-state index in [2.05, 4.69) is 34.8 Å². The molecule has 0 spiro atoms. The fourth-order valence-electron chi connectivity index (χ4n) is 3.20. The van der Waals surface area contributed by atoms with E-state index in [0.29, 0.717) is 17.4 Å². The van der Waals surface area contributed by atoms with Crippen molar-refractivity contribution in [2.75, 3.05) is 18.6 Å². The van der Waals surface area contributed by atoms with Crippen LogP contribution in [0.15, 0.2) is 45.2 Å². The predicted octanol–water partition coefficient (Wildman–Crippen LogP) is 5.61. The lowest BCUT2D eigenvalue weighted by Crippen LogP contribution is -2.26. The van der Waals surface area contributed by atoms with Gasteiger partial charge in [0, 0.05) is 22.8 Å². The van der Waals surface area contributed by atoms with E-state index in [4.69, 9.17) is 4.42 Å². The highest BCUT2D eigenvalue weighted by atomic mass is 32.2. The Morgan fingerprint density at radius 1 is 1.25 bits per heavy atom. The van der Waals surface area contributed by atoms with Crippen molar-refractivity contribution in [2.24, 2.45) is 0 Å². The lowest BCUT2D eigenvalue weighted by molar-refractivity contribution is -0.118. The van der Waals surface area contributed by atoms with Gasteiger partial charge in [-0.05, 0) is 69.5 Å². The molecule has 0 bridgehead atoms. The van der Waals surface area contributed by atoms with Gasteiger partial charge in [0.1, 0.15) is 5.76 Å². The van der Waals surface area contributed by atoms with Gasteiger partial charge in [0.25, 0.3) is 0 Å². The van der Waals surface area contributed by atoms with E-state index in [-0.39, 0.29) is 5.91 Å². The van der Waals surface area contributed by atoms with Gasteiger partial charge in [0.2, 0.25) is 11.8 Å². The van der Waals surface area contributed by atoms with Gasteiger partial charge in [-0.1, -0.05) is 11.6 Å². The molecule has 150 valence electrons. The molecule has 0 unspecified atom stereocenters. The quantitative estimate of drug-likeness (QED) is 0.425. The van der Waals surface area contributed by atoms with Crippen molar-refractivity contribution in [3.63, 3.8) is 0 Å². The van der Waals surface area contributed by atoms with Crippen LogP contribution < -0.4 is 5.32 Å². The molecule has 0 saturated heterocycles. The smallest absolute Gasteiger partial charge is 0.230 e. The molecule has 1 N–H and O–H groups in total.